The highest BCUT2D eigenvalue weighted by Crippen LogP contribution is 2.39. The number of fused-ring (bicyclic) bond motifs is 1. The number of rotatable bonds is 5. The largest absolute Gasteiger partial charge is 0.455 e. The molecule has 0 fully saturated rings. The predicted octanol–water partition coefficient (Wildman–Crippen LogP) is 2.49. The third kappa shape index (κ3) is 3.49. The van der Waals surface area contributed by atoms with E-state index in [-0.39, 0.29) is 23.9 Å². The highest BCUT2D eigenvalue weighted by Gasteiger charge is 2.18. The molecule has 1 aliphatic rings. The Hall–Kier alpha value is -3.01. The van der Waals surface area contributed by atoms with Crippen LogP contribution < -0.4 is 18.9 Å². The monoisotopic (exact) mass is 352 g/mol. The summed E-state index contributed by atoms with van der Waals surface area (Å²) in [6.45, 7) is 0.0937. The van der Waals surface area contributed by atoms with Gasteiger partial charge in [-0.2, -0.15) is 0 Å². The van der Waals surface area contributed by atoms with Gasteiger partial charge in [-0.15, -0.1) is 0 Å². The summed E-state index contributed by atoms with van der Waals surface area (Å²) in [6, 6.07) is 8.33. The van der Waals surface area contributed by atoms with E-state index in [1.807, 2.05) is 0 Å². The Morgan fingerprint density at radius 1 is 1.17 bits per heavy atom. The Bertz CT molecular complexity index is 911. The average Bonchev–Trinajstić information content (AvgIpc) is 2.95. The Labute approximate surface area is 137 Å². The maximum absolute atomic E-state index is 11.4. The van der Waals surface area contributed by atoms with Gasteiger partial charge < -0.3 is 14.2 Å². The zero-order valence-electron chi connectivity index (χ0n) is 12.4. The van der Waals surface area contributed by atoms with Gasteiger partial charge in [-0.1, -0.05) is 0 Å². The summed E-state index contributed by atoms with van der Waals surface area (Å²) in [5.74, 6) is 1.33. The van der Waals surface area contributed by atoms with Crippen LogP contribution in [0.3, 0.4) is 0 Å². The molecule has 9 nitrogen and oxygen atoms in total. The SMILES string of the molecule is CS(=O)(=O)Nc1ccc([N+](=O)[O-])cc1Oc1ccc2c(c1)OCO2. The maximum atomic E-state index is 11.4. The Kier molecular flexibility index (Phi) is 3.89. The van der Waals surface area contributed by atoms with Crippen molar-refractivity contribution >= 4 is 21.4 Å². The van der Waals surface area contributed by atoms with Gasteiger partial charge in [-0.25, -0.2) is 8.42 Å². The number of hydrogen-bond donors (Lipinski definition) is 1. The van der Waals surface area contributed by atoms with Crippen molar-refractivity contribution in [1.82, 2.24) is 0 Å². The third-order valence-electron chi connectivity index (χ3n) is 3.04. The first kappa shape index (κ1) is 15.9. The lowest BCUT2D eigenvalue weighted by Gasteiger charge is -2.12. The second-order valence-corrected chi connectivity index (χ2v) is 6.68. The summed E-state index contributed by atoms with van der Waals surface area (Å²) in [5.41, 5.74) is -0.148. The fourth-order valence-corrected chi connectivity index (χ4v) is 2.63. The van der Waals surface area contributed by atoms with Crippen molar-refractivity contribution in [2.45, 2.75) is 0 Å². The van der Waals surface area contributed by atoms with Crippen molar-refractivity contribution in [3.63, 3.8) is 0 Å². The normalized spacial score (nSPS) is 12.7. The summed E-state index contributed by atoms with van der Waals surface area (Å²) in [7, 11) is -3.58. The van der Waals surface area contributed by atoms with E-state index in [1.165, 1.54) is 12.1 Å². The molecule has 0 bridgehead atoms. The smallest absolute Gasteiger partial charge is 0.273 e. The van der Waals surface area contributed by atoms with Crippen LogP contribution in [0.5, 0.6) is 23.0 Å². The second-order valence-electron chi connectivity index (χ2n) is 4.93. The topological polar surface area (TPSA) is 117 Å². The van der Waals surface area contributed by atoms with Gasteiger partial charge in [0.1, 0.15) is 5.75 Å². The zero-order chi connectivity index (χ0) is 17.3. The number of nitro groups is 1. The quantitative estimate of drug-likeness (QED) is 0.649. The van der Waals surface area contributed by atoms with Crippen molar-refractivity contribution in [2.24, 2.45) is 0 Å². The number of nitrogens with zero attached hydrogens (tertiary/aromatic N) is 1. The molecule has 0 saturated carbocycles. The number of non-ortho nitro benzene ring substituents is 1. The third-order valence-corrected chi connectivity index (χ3v) is 3.63. The summed E-state index contributed by atoms with van der Waals surface area (Å²) in [4.78, 5) is 10.3. The molecule has 1 N–H and O–H groups in total. The number of benzene rings is 2. The Balaban J connectivity index is 1.97. The molecule has 0 saturated heterocycles. The van der Waals surface area contributed by atoms with Gasteiger partial charge >= 0.3 is 0 Å². The van der Waals surface area contributed by atoms with Gasteiger partial charge in [0.15, 0.2) is 17.2 Å². The molecule has 2 aromatic carbocycles. The molecule has 0 amide bonds. The highest BCUT2D eigenvalue weighted by molar-refractivity contribution is 7.92. The van der Waals surface area contributed by atoms with E-state index in [9.17, 15) is 18.5 Å². The van der Waals surface area contributed by atoms with Gasteiger partial charge in [-0.05, 0) is 18.2 Å². The molecule has 1 aliphatic heterocycles. The molecule has 2 aromatic rings. The summed E-state index contributed by atoms with van der Waals surface area (Å²) >= 11 is 0. The molecular formula is C14H12N2O7S. The van der Waals surface area contributed by atoms with Crippen molar-refractivity contribution in [3.8, 4) is 23.0 Å². The van der Waals surface area contributed by atoms with E-state index in [4.69, 9.17) is 14.2 Å². The average molecular weight is 352 g/mol. The summed E-state index contributed by atoms with van der Waals surface area (Å²) in [5, 5.41) is 10.9. The van der Waals surface area contributed by atoms with E-state index in [0.29, 0.717) is 17.2 Å². The number of ether oxygens (including phenoxy) is 3. The number of nitrogens with one attached hydrogen (secondary N) is 1. The summed E-state index contributed by atoms with van der Waals surface area (Å²) in [6.07, 6.45) is 0.971. The van der Waals surface area contributed by atoms with Crippen LogP contribution >= 0.6 is 0 Å². The van der Waals surface area contributed by atoms with Crippen LogP contribution in [0, 0.1) is 10.1 Å². The van der Waals surface area contributed by atoms with E-state index in [2.05, 4.69) is 4.72 Å². The van der Waals surface area contributed by atoms with E-state index in [0.717, 1.165) is 12.3 Å². The Morgan fingerprint density at radius 2 is 1.92 bits per heavy atom. The molecule has 0 atom stereocenters. The fraction of sp³-hybridized carbons (Fsp3) is 0.143. The summed E-state index contributed by atoms with van der Waals surface area (Å²) < 4.78 is 41.2. The van der Waals surface area contributed by atoms with E-state index < -0.39 is 14.9 Å². The molecule has 3 rings (SSSR count). The zero-order valence-corrected chi connectivity index (χ0v) is 13.2. The highest BCUT2D eigenvalue weighted by atomic mass is 32.2. The van der Waals surface area contributed by atoms with Crippen LogP contribution in [0.15, 0.2) is 36.4 Å². The van der Waals surface area contributed by atoms with E-state index >= 15 is 0 Å². The van der Waals surface area contributed by atoms with Crippen LogP contribution in [0.4, 0.5) is 11.4 Å². The van der Waals surface area contributed by atoms with Gasteiger partial charge in [0.25, 0.3) is 5.69 Å². The minimum Gasteiger partial charge on any atom is -0.455 e. The van der Waals surface area contributed by atoms with Crippen LogP contribution in [0.2, 0.25) is 0 Å². The molecule has 0 radical (unpaired) electrons. The molecule has 1 heterocycles. The van der Waals surface area contributed by atoms with Crippen LogP contribution in [-0.4, -0.2) is 26.4 Å². The molecule has 0 aliphatic carbocycles. The molecule has 126 valence electrons. The maximum Gasteiger partial charge on any atom is 0.273 e. The lowest BCUT2D eigenvalue weighted by Crippen LogP contribution is -2.10. The van der Waals surface area contributed by atoms with Gasteiger partial charge in [-0.3, -0.25) is 14.8 Å². The van der Waals surface area contributed by atoms with Crippen molar-refractivity contribution < 1.29 is 27.6 Å². The van der Waals surface area contributed by atoms with Gasteiger partial charge in [0, 0.05) is 12.1 Å². The first-order valence-corrected chi connectivity index (χ1v) is 8.55. The second kappa shape index (κ2) is 5.89. The molecular weight excluding hydrogens is 340 g/mol. The lowest BCUT2D eigenvalue weighted by atomic mass is 10.2. The van der Waals surface area contributed by atoms with Crippen molar-refractivity contribution in [1.29, 1.82) is 0 Å². The standard InChI is InChI=1S/C14H12N2O7S/c1-24(19,20)15-11-4-2-9(16(17)18)6-13(11)23-10-3-5-12-14(7-10)22-8-21-12/h2-7,15H,8H2,1H3. The Morgan fingerprint density at radius 3 is 2.62 bits per heavy atom. The molecule has 24 heavy (non-hydrogen) atoms. The van der Waals surface area contributed by atoms with Gasteiger partial charge in [0.05, 0.1) is 22.9 Å². The molecule has 0 unspecified atom stereocenters. The first-order valence-electron chi connectivity index (χ1n) is 6.65. The number of anilines is 1. The lowest BCUT2D eigenvalue weighted by molar-refractivity contribution is -0.384. The number of sulfonamides is 1. The molecule has 0 spiro atoms. The van der Waals surface area contributed by atoms with Crippen molar-refractivity contribution in [2.75, 3.05) is 17.8 Å². The van der Waals surface area contributed by atoms with Crippen LogP contribution in [0.1, 0.15) is 0 Å². The van der Waals surface area contributed by atoms with Crippen LogP contribution in [0.25, 0.3) is 0 Å². The van der Waals surface area contributed by atoms with Gasteiger partial charge in [0.2, 0.25) is 16.8 Å². The number of hydrogen-bond acceptors (Lipinski definition) is 7. The predicted molar refractivity (Wildman–Crippen MR) is 84.2 cm³/mol. The molecule has 0 aromatic heterocycles. The first-order chi connectivity index (χ1) is 11.3. The molecule has 10 heteroatoms. The van der Waals surface area contributed by atoms with Crippen LogP contribution in [-0.2, 0) is 10.0 Å². The minimum absolute atomic E-state index is 0.00603. The minimum atomic E-state index is -3.58. The number of nitro benzene ring substituents is 1. The fourth-order valence-electron chi connectivity index (χ4n) is 2.06. The van der Waals surface area contributed by atoms with Crippen molar-refractivity contribution in [3.05, 3.63) is 46.5 Å². The van der Waals surface area contributed by atoms with E-state index in [1.54, 1.807) is 18.2 Å².